The van der Waals surface area contributed by atoms with Crippen LogP contribution in [0.5, 0.6) is 11.5 Å². The van der Waals surface area contributed by atoms with E-state index in [1.165, 1.54) is 0 Å². The summed E-state index contributed by atoms with van der Waals surface area (Å²) in [5.41, 5.74) is 3.20. The summed E-state index contributed by atoms with van der Waals surface area (Å²) in [6, 6.07) is 10.8. The summed E-state index contributed by atoms with van der Waals surface area (Å²) in [7, 11) is -1.83. The molecule has 0 saturated heterocycles. The normalized spacial score (nSPS) is 16.0. The quantitative estimate of drug-likeness (QED) is 0.677. The van der Waals surface area contributed by atoms with Crippen molar-refractivity contribution in [2.75, 3.05) is 20.2 Å². The smallest absolute Gasteiger partial charge is 0.240 e. The SMILES string of the molecule is COc1cc(CNCCNS(=O)(=O)c2ccc(C)cc2)c2c(c1)CC(C)O2. The highest BCUT2D eigenvalue weighted by Gasteiger charge is 2.23. The van der Waals surface area contributed by atoms with Crippen molar-refractivity contribution in [3.63, 3.8) is 0 Å². The minimum Gasteiger partial charge on any atom is -0.497 e. The average molecular weight is 391 g/mol. The molecule has 0 saturated carbocycles. The summed E-state index contributed by atoms with van der Waals surface area (Å²) < 4.78 is 38.4. The number of methoxy groups -OCH3 is 1. The maximum atomic E-state index is 12.3. The molecule has 0 radical (unpaired) electrons. The molecule has 0 spiro atoms. The molecule has 1 heterocycles. The molecule has 1 atom stereocenters. The largest absolute Gasteiger partial charge is 0.497 e. The van der Waals surface area contributed by atoms with E-state index in [-0.39, 0.29) is 11.0 Å². The Balaban J connectivity index is 1.54. The summed E-state index contributed by atoms with van der Waals surface area (Å²) >= 11 is 0. The second kappa shape index (κ2) is 8.29. The lowest BCUT2D eigenvalue weighted by molar-refractivity contribution is 0.252. The minimum absolute atomic E-state index is 0.159. The number of nitrogens with one attached hydrogen (secondary N) is 2. The molecule has 2 aromatic carbocycles. The summed E-state index contributed by atoms with van der Waals surface area (Å²) in [5, 5.41) is 3.27. The lowest BCUT2D eigenvalue weighted by atomic mass is 10.1. The van der Waals surface area contributed by atoms with E-state index in [1.807, 2.05) is 26.0 Å². The van der Waals surface area contributed by atoms with E-state index in [1.54, 1.807) is 31.4 Å². The van der Waals surface area contributed by atoms with Crippen molar-refractivity contribution in [2.45, 2.75) is 37.8 Å². The van der Waals surface area contributed by atoms with Gasteiger partial charge in [0.15, 0.2) is 0 Å². The van der Waals surface area contributed by atoms with Crippen molar-refractivity contribution in [3.05, 3.63) is 53.1 Å². The molecule has 3 rings (SSSR count). The second-order valence-electron chi connectivity index (χ2n) is 6.79. The maximum Gasteiger partial charge on any atom is 0.240 e. The fraction of sp³-hybridized carbons (Fsp3) is 0.400. The zero-order valence-electron chi connectivity index (χ0n) is 15.9. The number of hydrogen-bond donors (Lipinski definition) is 2. The van der Waals surface area contributed by atoms with E-state index in [2.05, 4.69) is 10.0 Å². The molecule has 2 N–H and O–H groups in total. The highest BCUT2D eigenvalue weighted by Crippen LogP contribution is 2.36. The molecule has 146 valence electrons. The van der Waals surface area contributed by atoms with Gasteiger partial charge in [-0.05, 0) is 38.1 Å². The molecule has 0 aliphatic carbocycles. The first-order chi connectivity index (χ1) is 12.9. The Labute approximate surface area is 160 Å². The highest BCUT2D eigenvalue weighted by atomic mass is 32.2. The van der Waals surface area contributed by atoms with Crippen molar-refractivity contribution in [3.8, 4) is 11.5 Å². The number of benzene rings is 2. The molecular formula is C20H26N2O4S. The molecule has 0 bridgehead atoms. The molecule has 2 aromatic rings. The van der Waals surface area contributed by atoms with Crippen molar-refractivity contribution in [1.82, 2.24) is 10.0 Å². The molecule has 6 nitrogen and oxygen atoms in total. The van der Waals surface area contributed by atoms with Gasteiger partial charge in [0.25, 0.3) is 0 Å². The zero-order valence-corrected chi connectivity index (χ0v) is 16.7. The Bertz CT molecular complexity index is 895. The van der Waals surface area contributed by atoms with E-state index in [0.29, 0.717) is 19.6 Å². The van der Waals surface area contributed by atoms with Crippen LogP contribution in [0.25, 0.3) is 0 Å². The molecule has 0 aromatic heterocycles. The van der Waals surface area contributed by atoms with E-state index in [0.717, 1.165) is 34.6 Å². The van der Waals surface area contributed by atoms with Gasteiger partial charge in [0.1, 0.15) is 17.6 Å². The summed E-state index contributed by atoms with van der Waals surface area (Å²) in [4.78, 5) is 0.279. The van der Waals surface area contributed by atoms with Gasteiger partial charge in [-0.3, -0.25) is 0 Å². The number of aryl methyl sites for hydroxylation is 1. The van der Waals surface area contributed by atoms with Crippen LogP contribution >= 0.6 is 0 Å². The van der Waals surface area contributed by atoms with Crippen LogP contribution in [0.15, 0.2) is 41.3 Å². The van der Waals surface area contributed by atoms with Gasteiger partial charge in [0.05, 0.1) is 12.0 Å². The summed E-state index contributed by atoms with van der Waals surface area (Å²) in [6.45, 7) is 5.36. The van der Waals surface area contributed by atoms with Crippen molar-refractivity contribution in [1.29, 1.82) is 0 Å². The number of hydrogen-bond acceptors (Lipinski definition) is 5. The van der Waals surface area contributed by atoms with E-state index >= 15 is 0 Å². The first kappa shape index (κ1) is 19.7. The fourth-order valence-electron chi connectivity index (χ4n) is 3.12. The van der Waals surface area contributed by atoms with Gasteiger partial charge in [-0.15, -0.1) is 0 Å². The van der Waals surface area contributed by atoms with Gasteiger partial charge < -0.3 is 14.8 Å². The first-order valence-electron chi connectivity index (χ1n) is 9.02. The summed E-state index contributed by atoms with van der Waals surface area (Å²) in [6.07, 6.45) is 1.03. The number of rotatable bonds is 8. The standard InChI is InChI=1S/C20H26N2O4S/c1-14-4-6-19(7-5-14)27(23,24)22-9-8-21-13-17-12-18(25-3)11-16-10-15(2)26-20(16)17/h4-7,11-12,15,21-22H,8-10,13H2,1-3H3. The third-order valence-electron chi connectivity index (χ3n) is 4.52. The Kier molecular flexibility index (Phi) is 6.04. The average Bonchev–Trinajstić information content (AvgIpc) is 3.01. The molecule has 7 heteroatoms. The lowest BCUT2D eigenvalue weighted by Gasteiger charge is -2.13. The van der Waals surface area contributed by atoms with E-state index in [9.17, 15) is 8.42 Å². The third-order valence-corrected chi connectivity index (χ3v) is 6.00. The predicted molar refractivity (Wildman–Crippen MR) is 105 cm³/mol. The van der Waals surface area contributed by atoms with Crippen molar-refractivity contribution < 1.29 is 17.9 Å². The second-order valence-corrected chi connectivity index (χ2v) is 8.56. The van der Waals surface area contributed by atoms with Crippen LogP contribution in [0.2, 0.25) is 0 Å². The maximum absolute atomic E-state index is 12.3. The molecule has 0 fully saturated rings. The Morgan fingerprint density at radius 2 is 1.93 bits per heavy atom. The van der Waals surface area contributed by atoms with E-state index < -0.39 is 10.0 Å². The predicted octanol–water partition coefficient (Wildman–Crippen LogP) is 2.40. The van der Waals surface area contributed by atoms with E-state index in [4.69, 9.17) is 9.47 Å². The number of ether oxygens (including phenoxy) is 2. The highest BCUT2D eigenvalue weighted by molar-refractivity contribution is 7.89. The van der Waals surface area contributed by atoms with Crippen LogP contribution in [0.1, 0.15) is 23.6 Å². The molecule has 1 unspecified atom stereocenters. The van der Waals surface area contributed by atoms with Gasteiger partial charge in [-0.25, -0.2) is 13.1 Å². The van der Waals surface area contributed by atoms with Crippen LogP contribution in [-0.2, 0) is 23.0 Å². The zero-order chi connectivity index (χ0) is 19.4. The van der Waals surface area contributed by atoms with Crippen molar-refractivity contribution in [2.24, 2.45) is 0 Å². The van der Waals surface area contributed by atoms with Gasteiger partial charge in [0.2, 0.25) is 10.0 Å². The molecule has 27 heavy (non-hydrogen) atoms. The van der Waals surface area contributed by atoms with Gasteiger partial charge in [0, 0.05) is 37.2 Å². The number of fused-ring (bicyclic) bond motifs is 1. The summed E-state index contributed by atoms with van der Waals surface area (Å²) in [5.74, 6) is 1.72. The topological polar surface area (TPSA) is 76.7 Å². The third kappa shape index (κ3) is 4.80. The molecular weight excluding hydrogens is 364 g/mol. The Morgan fingerprint density at radius 1 is 1.19 bits per heavy atom. The van der Waals surface area contributed by atoms with Crippen LogP contribution in [0.3, 0.4) is 0 Å². The van der Waals surface area contributed by atoms with Gasteiger partial charge in [-0.2, -0.15) is 0 Å². The lowest BCUT2D eigenvalue weighted by Crippen LogP contribution is -2.31. The van der Waals surface area contributed by atoms with Crippen LogP contribution in [0, 0.1) is 6.92 Å². The Hall–Kier alpha value is -2.09. The van der Waals surface area contributed by atoms with Crippen LogP contribution in [-0.4, -0.2) is 34.7 Å². The molecule has 0 amide bonds. The minimum atomic E-state index is -3.48. The molecule has 1 aliphatic heterocycles. The number of sulfonamides is 1. The van der Waals surface area contributed by atoms with Crippen LogP contribution in [0.4, 0.5) is 0 Å². The Morgan fingerprint density at radius 3 is 2.63 bits per heavy atom. The monoisotopic (exact) mass is 390 g/mol. The molecule has 1 aliphatic rings. The van der Waals surface area contributed by atoms with Gasteiger partial charge in [-0.1, -0.05) is 17.7 Å². The van der Waals surface area contributed by atoms with Crippen LogP contribution < -0.4 is 19.5 Å². The van der Waals surface area contributed by atoms with Crippen molar-refractivity contribution >= 4 is 10.0 Å². The van der Waals surface area contributed by atoms with Gasteiger partial charge >= 0.3 is 0 Å². The first-order valence-corrected chi connectivity index (χ1v) is 10.5. The fourth-order valence-corrected chi connectivity index (χ4v) is 4.16.